The zero-order valence-corrected chi connectivity index (χ0v) is 10.3. The monoisotopic (exact) mass is 252 g/mol. The van der Waals surface area contributed by atoms with Gasteiger partial charge in [0.25, 0.3) is 0 Å². The van der Waals surface area contributed by atoms with Crippen molar-refractivity contribution in [2.75, 3.05) is 19.5 Å². The second-order valence-electron chi connectivity index (χ2n) is 3.86. The summed E-state index contributed by atoms with van der Waals surface area (Å²) in [7, 11) is 1.43. The number of methoxy groups -OCH3 is 1. The first-order chi connectivity index (χ1) is 8.45. The molecule has 1 aromatic carbocycles. The van der Waals surface area contributed by atoms with E-state index in [1.54, 1.807) is 13.0 Å². The van der Waals surface area contributed by atoms with Gasteiger partial charge in [0.15, 0.2) is 0 Å². The Balaban J connectivity index is 2.75. The van der Waals surface area contributed by atoms with E-state index in [1.807, 2.05) is 0 Å². The molecule has 6 heteroatoms. The molecule has 98 valence electrons. The molecular weight excluding hydrogens is 236 g/mol. The van der Waals surface area contributed by atoms with Gasteiger partial charge in [-0.3, -0.25) is 4.79 Å². The van der Waals surface area contributed by atoms with Crippen molar-refractivity contribution in [3.63, 3.8) is 0 Å². The van der Waals surface area contributed by atoms with Crippen LogP contribution in [-0.4, -0.2) is 25.6 Å². The summed E-state index contributed by atoms with van der Waals surface area (Å²) in [4.78, 5) is 22.6. The van der Waals surface area contributed by atoms with Crippen LogP contribution in [0.2, 0.25) is 0 Å². The van der Waals surface area contributed by atoms with Crippen molar-refractivity contribution >= 4 is 17.6 Å². The van der Waals surface area contributed by atoms with Crippen LogP contribution in [0.25, 0.3) is 0 Å². The quantitative estimate of drug-likeness (QED) is 0.588. The Hall–Kier alpha value is -2.24. The fraction of sp³-hybridized carbons (Fsp3) is 0.333. The van der Waals surface area contributed by atoms with Crippen LogP contribution in [-0.2, 0) is 9.53 Å². The average Bonchev–Trinajstić information content (AvgIpc) is 2.34. The van der Waals surface area contributed by atoms with E-state index >= 15 is 0 Å². The third-order valence-electron chi connectivity index (χ3n) is 2.40. The van der Waals surface area contributed by atoms with Gasteiger partial charge in [0, 0.05) is 11.8 Å². The van der Waals surface area contributed by atoms with Crippen LogP contribution in [0.3, 0.4) is 0 Å². The van der Waals surface area contributed by atoms with Gasteiger partial charge in [-0.25, -0.2) is 4.79 Å². The molecule has 0 bridgehead atoms. The van der Waals surface area contributed by atoms with Crippen LogP contribution < -0.4 is 16.2 Å². The summed E-state index contributed by atoms with van der Waals surface area (Å²) < 4.78 is 10.0. The number of nitrogens with two attached hydrogens (primary N) is 2. The topological polar surface area (TPSA) is 105 Å². The summed E-state index contributed by atoms with van der Waals surface area (Å²) in [6, 6.07) is 4.59. The van der Waals surface area contributed by atoms with Crippen molar-refractivity contribution in [2.24, 2.45) is 11.7 Å². The van der Waals surface area contributed by atoms with Crippen molar-refractivity contribution in [3.8, 4) is 5.75 Å². The lowest BCUT2D eigenvalue weighted by atomic mass is 10.1. The second-order valence-corrected chi connectivity index (χ2v) is 3.86. The molecule has 0 aliphatic heterocycles. The van der Waals surface area contributed by atoms with Gasteiger partial charge >= 0.3 is 5.97 Å². The Bertz CT molecular complexity index is 459. The molecule has 1 rings (SSSR count). The number of ether oxygens (including phenoxy) is 2. The summed E-state index contributed by atoms with van der Waals surface area (Å²) in [5, 5.41) is 0. The first-order valence-corrected chi connectivity index (χ1v) is 5.35. The SMILES string of the molecule is COc1cc(N)ccc1C(=O)OCC(C)C(N)=O. The molecule has 0 saturated carbocycles. The first-order valence-electron chi connectivity index (χ1n) is 5.35. The second kappa shape index (κ2) is 5.90. The Kier molecular flexibility index (Phi) is 4.53. The summed E-state index contributed by atoms with van der Waals surface area (Å²) in [6.07, 6.45) is 0. The van der Waals surface area contributed by atoms with E-state index in [1.165, 1.54) is 19.2 Å². The van der Waals surface area contributed by atoms with Crippen molar-refractivity contribution < 1.29 is 19.1 Å². The van der Waals surface area contributed by atoms with Crippen LogP contribution in [0.5, 0.6) is 5.75 Å². The van der Waals surface area contributed by atoms with E-state index in [0.29, 0.717) is 11.4 Å². The van der Waals surface area contributed by atoms with Gasteiger partial charge in [-0.1, -0.05) is 6.92 Å². The molecule has 0 fully saturated rings. The van der Waals surface area contributed by atoms with Gasteiger partial charge in [-0.2, -0.15) is 0 Å². The summed E-state index contributed by atoms with van der Waals surface area (Å²) in [6.45, 7) is 1.51. The van der Waals surface area contributed by atoms with Crippen LogP contribution in [0, 0.1) is 5.92 Å². The molecule has 0 aliphatic carbocycles. The molecule has 1 aromatic rings. The molecule has 18 heavy (non-hydrogen) atoms. The van der Waals surface area contributed by atoms with E-state index in [4.69, 9.17) is 20.9 Å². The standard InChI is InChI=1S/C12H16N2O4/c1-7(11(14)15)6-18-12(16)9-4-3-8(13)5-10(9)17-2/h3-5,7H,6,13H2,1-2H3,(H2,14,15). The third kappa shape index (κ3) is 3.38. The summed E-state index contributed by atoms with van der Waals surface area (Å²) in [5.41, 5.74) is 11.4. The number of nitrogen functional groups attached to an aromatic ring is 1. The average molecular weight is 252 g/mol. The molecule has 0 spiro atoms. The van der Waals surface area contributed by atoms with Crippen molar-refractivity contribution in [2.45, 2.75) is 6.92 Å². The molecule has 0 heterocycles. The predicted octanol–water partition coefficient (Wildman–Crippen LogP) is 0.556. The Morgan fingerprint density at radius 1 is 1.39 bits per heavy atom. The van der Waals surface area contributed by atoms with Crippen LogP contribution >= 0.6 is 0 Å². The van der Waals surface area contributed by atoms with Gasteiger partial charge in [0.05, 0.1) is 13.0 Å². The van der Waals surface area contributed by atoms with E-state index in [-0.39, 0.29) is 12.2 Å². The van der Waals surface area contributed by atoms with E-state index in [9.17, 15) is 9.59 Å². The lowest BCUT2D eigenvalue weighted by Crippen LogP contribution is -2.26. The number of hydrogen-bond donors (Lipinski definition) is 2. The Morgan fingerprint density at radius 3 is 2.61 bits per heavy atom. The number of esters is 1. The maximum Gasteiger partial charge on any atom is 0.341 e. The molecule has 1 unspecified atom stereocenters. The molecule has 4 N–H and O–H groups in total. The number of anilines is 1. The number of rotatable bonds is 5. The number of benzene rings is 1. The highest BCUT2D eigenvalue weighted by Crippen LogP contribution is 2.22. The predicted molar refractivity (Wildman–Crippen MR) is 66.0 cm³/mol. The fourth-order valence-electron chi connectivity index (χ4n) is 1.24. The van der Waals surface area contributed by atoms with E-state index in [0.717, 1.165) is 0 Å². The smallest absolute Gasteiger partial charge is 0.341 e. The Morgan fingerprint density at radius 2 is 2.06 bits per heavy atom. The number of hydrogen-bond acceptors (Lipinski definition) is 5. The highest BCUT2D eigenvalue weighted by atomic mass is 16.5. The number of carbonyl (C=O) groups is 2. The van der Waals surface area contributed by atoms with E-state index in [2.05, 4.69) is 0 Å². The fourth-order valence-corrected chi connectivity index (χ4v) is 1.24. The lowest BCUT2D eigenvalue weighted by molar-refractivity contribution is -0.122. The third-order valence-corrected chi connectivity index (χ3v) is 2.40. The maximum atomic E-state index is 11.8. The lowest BCUT2D eigenvalue weighted by Gasteiger charge is -2.11. The molecule has 1 amide bonds. The van der Waals surface area contributed by atoms with E-state index < -0.39 is 17.8 Å². The zero-order chi connectivity index (χ0) is 13.7. The molecule has 0 aliphatic rings. The normalized spacial score (nSPS) is 11.7. The largest absolute Gasteiger partial charge is 0.496 e. The van der Waals surface area contributed by atoms with Gasteiger partial charge in [-0.15, -0.1) is 0 Å². The highest BCUT2D eigenvalue weighted by molar-refractivity contribution is 5.93. The Labute approximate surface area is 105 Å². The number of amides is 1. The van der Waals surface area contributed by atoms with Gasteiger partial charge in [-0.05, 0) is 12.1 Å². The van der Waals surface area contributed by atoms with Crippen LogP contribution in [0.4, 0.5) is 5.69 Å². The summed E-state index contributed by atoms with van der Waals surface area (Å²) in [5.74, 6) is -1.31. The summed E-state index contributed by atoms with van der Waals surface area (Å²) >= 11 is 0. The van der Waals surface area contributed by atoms with Crippen molar-refractivity contribution in [1.82, 2.24) is 0 Å². The van der Waals surface area contributed by atoms with Gasteiger partial charge in [0.1, 0.15) is 17.9 Å². The minimum atomic E-state index is -0.583. The minimum Gasteiger partial charge on any atom is -0.496 e. The highest BCUT2D eigenvalue weighted by Gasteiger charge is 2.17. The van der Waals surface area contributed by atoms with Gasteiger partial charge in [0.2, 0.25) is 5.91 Å². The van der Waals surface area contributed by atoms with Crippen molar-refractivity contribution in [3.05, 3.63) is 23.8 Å². The van der Waals surface area contributed by atoms with Crippen LogP contribution in [0.15, 0.2) is 18.2 Å². The molecular formula is C12H16N2O4. The molecule has 1 atom stereocenters. The maximum absolute atomic E-state index is 11.8. The molecule has 6 nitrogen and oxygen atoms in total. The molecule has 0 aromatic heterocycles. The molecule has 0 radical (unpaired) electrons. The van der Waals surface area contributed by atoms with Gasteiger partial charge < -0.3 is 20.9 Å². The first kappa shape index (κ1) is 13.8. The number of primary amides is 1. The van der Waals surface area contributed by atoms with Crippen molar-refractivity contribution in [1.29, 1.82) is 0 Å². The minimum absolute atomic E-state index is 0.0678. The zero-order valence-electron chi connectivity index (χ0n) is 10.3. The number of carbonyl (C=O) groups excluding carboxylic acids is 2. The van der Waals surface area contributed by atoms with Crippen LogP contribution in [0.1, 0.15) is 17.3 Å². The molecule has 0 saturated heterocycles.